The molecule has 0 aliphatic heterocycles. The smallest absolute Gasteiger partial charge is 0.171 e. The molecule has 0 aliphatic rings. The summed E-state index contributed by atoms with van der Waals surface area (Å²) in [4.78, 5) is 14.6. The summed E-state index contributed by atoms with van der Waals surface area (Å²) in [5, 5.41) is 0.238. The summed E-state index contributed by atoms with van der Waals surface area (Å²) >= 11 is 5.86. The maximum Gasteiger partial charge on any atom is 0.171 e. The van der Waals surface area contributed by atoms with Gasteiger partial charge in [-0.25, -0.2) is 0 Å². The maximum absolute atomic E-state index is 10.8. The molecule has 20 heavy (non-hydrogen) atoms. The number of hydrogen-bond acceptors (Lipinski definition) is 4. The molecule has 0 spiro atoms. The summed E-state index contributed by atoms with van der Waals surface area (Å²) in [7, 11) is 1.52. The Morgan fingerprint density at radius 2 is 2.20 bits per heavy atom. The predicted molar refractivity (Wildman–Crippen MR) is 80.2 cm³/mol. The van der Waals surface area contributed by atoms with Crippen molar-refractivity contribution in [2.75, 3.05) is 7.11 Å². The highest BCUT2D eigenvalue weighted by molar-refractivity contribution is 6.48. The van der Waals surface area contributed by atoms with Crippen LogP contribution in [0.5, 0.6) is 5.75 Å². The first-order valence-corrected chi connectivity index (χ1v) is 6.07. The Morgan fingerprint density at radius 1 is 1.45 bits per heavy atom. The van der Waals surface area contributed by atoms with Crippen molar-refractivity contribution in [3.8, 4) is 17.1 Å². The minimum absolute atomic E-state index is 0.238. The molecule has 2 rings (SSSR count). The van der Waals surface area contributed by atoms with E-state index in [2.05, 4.69) is 18.3 Å². The summed E-state index contributed by atoms with van der Waals surface area (Å²) in [6.07, 6.45) is 0.747. The number of furan rings is 1. The second kappa shape index (κ2) is 5.75. The van der Waals surface area contributed by atoms with E-state index >= 15 is 0 Å². The average molecular weight is 290 g/mol. The first kappa shape index (κ1) is 14.1. The number of ether oxygens (including phenoxy) is 1. The number of hydrogen-bond donors (Lipinski definition) is 0. The molecule has 0 N–H and O–H groups in total. The molecule has 0 saturated carbocycles. The number of aldehydes is 1. The lowest BCUT2D eigenvalue weighted by molar-refractivity contribution is 0.112. The van der Waals surface area contributed by atoms with E-state index in [4.69, 9.17) is 20.8 Å². The van der Waals surface area contributed by atoms with Gasteiger partial charge in [0.15, 0.2) is 5.76 Å². The van der Waals surface area contributed by atoms with Crippen molar-refractivity contribution < 1.29 is 13.9 Å². The second-order valence-corrected chi connectivity index (χ2v) is 4.42. The van der Waals surface area contributed by atoms with Crippen molar-refractivity contribution >= 4 is 35.3 Å². The predicted octanol–water partition coefficient (Wildman–Crippen LogP) is 4.31. The van der Waals surface area contributed by atoms with Gasteiger partial charge in [-0.3, -0.25) is 9.79 Å². The molecule has 1 aromatic carbocycles. The van der Waals surface area contributed by atoms with Gasteiger partial charge in [0.25, 0.3) is 0 Å². The average Bonchev–Trinajstić information content (AvgIpc) is 2.90. The lowest BCUT2D eigenvalue weighted by Crippen LogP contribution is -1.89. The topological polar surface area (TPSA) is 51.8 Å². The number of carbonyl (C=O) groups is 1. The van der Waals surface area contributed by atoms with Crippen LogP contribution in [0.25, 0.3) is 16.4 Å². The molecule has 0 atom stereocenters. The van der Waals surface area contributed by atoms with Gasteiger partial charge < -0.3 is 9.15 Å². The fourth-order valence-corrected chi connectivity index (χ4v) is 1.95. The van der Waals surface area contributed by atoms with Crippen molar-refractivity contribution in [2.24, 2.45) is 4.99 Å². The summed E-state index contributed by atoms with van der Waals surface area (Å²) < 4.78 is 10.9. The number of carbonyl (C=O) groups excluding carboxylic acids is 1. The van der Waals surface area contributed by atoms with Crippen LogP contribution < -0.4 is 4.74 Å². The molecule has 1 aromatic heterocycles. The summed E-state index contributed by atoms with van der Waals surface area (Å²) in [5.74, 6) is 1.39. The SMILES string of the molecule is C=Nc1cc(-c2ccc(C=O)cc2OC)oc1C(=C)Cl. The fourth-order valence-electron chi connectivity index (χ4n) is 1.81. The van der Waals surface area contributed by atoms with E-state index in [0.29, 0.717) is 34.1 Å². The molecule has 1 heterocycles. The summed E-state index contributed by atoms with van der Waals surface area (Å²) in [5.41, 5.74) is 1.70. The van der Waals surface area contributed by atoms with Crippen molar-refractivity contribution in [3.63, 3.8) is 0 Å². The zero-order chi connectivity index (χ0) is 14.7. The Bertz CT molecular complexity index is 688. The third-order valence-electron chi connectivity index (χ3n) is 2.76. The van der Waals surface area contributed by atoms with E-state index in [9.17, 15) is 4.79 Å². The standard InChI is InChI=1S/C15H12ClNO3/c1-9(16)15-12(17-2)7-14(20-15)11-5-4-10(8-18)6-13(11)19-3/h4-8H,1-2H2,3H3. The molecule has 0 bridgehead atoms. The van der Waals surface area contributed by atoms with Gasteiger partial charge in [-0.05, 0) is 18.9 Å². The number of halogens is 1. The Hall–Kier alpha value is -2.33. The highest BCUT2D eigenvalue weighted by atomic mass is 35.5. The maximum atomic E-state index is 10.8. The minimum Gasteiger partial charge on any atom is -0.496 e. The third-order valence-corrected chi connectivity index (χ3v) is 2.93. The van der Waals surface area contributed by atoms with Crippen LogP contribution in [0.4, 0.5) is 5.69 Å². The van der Waals surface area contributed by atoms with Crippen LogP contribution in [0.15, 0.2) is 40.3 Å². The molecule has 0 radical (unpaired) electrons. The quantitative estimate of drug-likeness (QED) is 0.609. The van der Waals surface area contributed by atoms with E-state index in [-0.39, 0.29) is 5.03 Å². The normalized spacial score (nSPS) is 10.1. The van der Waals surface area contributed by atoms with Crippen LogP contribution in [0.1, 0.15) is 16.1 Å². The first-order chi connectivity index (χ1) is 9.60. The largest absolute Gasteiger partial charge is 0.496 e. The number of methoxy groups -OCH3 is 1. The van der Waals surface area contributed by atoms with Crippen LogP contribution in [0, 0.1) is 0 Å². The van der Waals surface area contributed by atoms with Crippen LogP contribution in [-0.2, 0) is 0 Å². The van der Waals surface area contributed by atoms with Crippen molar-refractivity contribution in [3.05, 3.63) is 42.2 Å². The molecule has 0 aliphatic carbocycles. The van der Waals surface area contributed by atoms with Gasteiger partial charge in [0.2, 0.25) is 0 Å². The summed E-state index contributed by atoms with van der Waals surface area (Å²) in [6.45, 7) is 7.08. The molecule has 0 unspecified atom stereocenters. The van der Waals surface area contributed by atoms with Gasteiger partial charge in [0.1, 0.15) is 23.5 Å². The fraction of sp³-hybridized carbons (Fsp3) is 0.0667. The lowest BCUT2D eigenvalue weighted by Gasteiger charge is -2.06. The molecule has 4 nitrogen and oxygen atoms in total. The number of benzene rings is 1. The Balaban J connectivity index is 2.59. The first-order valence-electron chi connectivity index (χ1n) is 5.69. The summed E-state index contributed by atoms with van der Waals surface area (Å²) in [6, 6.07) is 6.72. The van der Waals surface area contributed by atoms with Crippen molar-refractivity contribution in [1.29, 1.82) is 0 Å². The van der Waals surface area contributed by atoms with Crippen LogP contribution in [0.3, 0.4) is 0 Å². The molecule has 0 fully saturated rings. The van der Waals surface area contributed by atoms with Gasteiger partial charge in [-0.1, -0.05) is 24.2 Å². The molecular weight excluding hydrogens is 278 g/mol. The van der Waals surface area contributed by atoms with Crippen LogP contribution in [0.2, 0.25) is 0 Å². The highest BCUT2D eigenvalue weighted by Gasteiger charge is 2.16. The Kier molecular flexibility index (Phi) is 4.05. The van der Waals surface area contributed by atoms with Crippen molar-refractivity contribution in [2.45, 2.75) is 0 Å². The van der Waals surface area contributed by atoms with Gasteiger partial charge in [0.05, 0.1) is 17.7 Å². The zero-order valence-electron chi connectivity index (χ0n) is 10.9. The third kappa shape index (κ3) is 2.51. The van der Waals surface area contributed by atoms with Crippen LogP contribution >= 0.6 is 11.6 Å². The zero-order valence-corrected chi connectivity index (χ0v) is 11.6. The molecule has 0 saturated heterocycles. The van der Waals surface area contributed by atoms with Gasteiger partial charge in [-0.15, -0.1) is 0 Å². The van der Waals surface area contributed by atoms with E-state index in [1.807, 2.05) is 0 Å². The van der Waals surface area contributed by atoms with Gasteiger partial charge in [0, 0.05) is 11.6 Å². The van der Waals surface area contributed by atoms with Gasteiger partial charge >= 0.3 is 0 Å². The van der Waals surface area contributed by atoms with E-state index in [1.54, 1.807) is 24.3 Å². The van der Waals surface area contributed by atoms with E-state index in [1.165, 1.54) is 7.11 Å². The minimum atomic E-state index is 0.238. The second-order valence-electron chi connectivity index (χ2n) is 3.97. The number of rotatable bonds is 5. The lowest BCUT2D eigenvalue weighted by atomic mass is 10.1. The number of nitrogens with zero attached hydrogens (tertiary/aromatic N) is 1. The number of aliphatic imine (C=N–C) groups is 1. The van der Waals surface area contributed by atoms with E-state index < -0.39 is 0 Å². The highest BCUT2D eigenvalue weighted by Crippen LogP contribution is 2.39. The van der Waals surface area contributed by atoms with Gasteiger partial charge in [-0.2, -0.15) is 0 Å². The monoisotopic (exact) mass is 289 g/mol. The molecular formula is C15H12ClNO3. The molecule has 2 aromatic rings. The molecule has 102 valence electrons. The molecule has 0 amide bonds. The molecule has 5 heteroatoms. The van der Waals surface area contributed by atoms with Crippen molar-refractivity contribution in [1.82, 2.24) is 0 Å². The van der Waals surface area contributed by atoms with Crippen LogP contribution in [-0.4, -0.2) is 20.1 Å². The Labute approximate surface area is 121 Å². The van der Waals surface area contributed by atoms with E-state index in [0.717, 1.165) is 6.29 Å². The Morgan fingerprint density at radius 3 is 2.70 bits per heavy atom.